The summed E-state index contributed by atoms with van der Waals surface area (Å²) >= 11 is 0. The van der Waals surface area contributed by atoms with Crippen molar-refractivity contribution >= 4 is 11.6 Å². The number of anilines is 1. The van der Waals surface area contributed by atoms with Gasteiger partial charge in [0.2, 0.25) is 5.91 Å². The predicted octanol–water partition coefficient (Wildman–Crippen LogP) is 2.08. The summed E-state index contributed by atoms with van der Waals surface area (Å²) in [7, 11) is 0. The number of nitrogens with one attached hydrogen (secondary N) is 2. The van der Waals surface area contributed by atoms with Crippen molar-refractivity contribution in [3.63, 3.8) is 0 Å². The molecule has 1 heterocycles. The zero-order valence-corrected chi connectivity index (χ0v) is 9.62. The summed E-state index contributed by atoms with van der Waals surface area (Å²) in [4.78, 5) is 11.9. The highest BCUT2D eigenvalue weighted by atomic mass is 16.2. The Labute approximate surface area is 96.2 Å². The van der Waals surface area contributed by atoms with Gasteiger partial charge in [-0.2, -0.15) is 0 Å². The van der Waals surface area contributed by atoms with E-state index in [1.54, 1.807) is 0 Å². The molecule has 0 unspecified atom stereocenters. The monoisotopic (exact) mass is 218 g/mol. The molecule has 0 radical (unpaired) electrons. The third-order valence-corrected chi connectivity index (χ3v) is 3.03. The molecule has 0 spiro atoms. The van der Waals surface area contributed by atoms with Gasteiger partial charge in [0.1, 0.15) is 0 Å². The normalized spacial score (nSPS) is 20.4. The van der Waals surface area contributed by atoms with Crippen LogP contribution in [0.25, 0.3) is 0 Å². The molecule has 0 aliphatic carbocycles. The van der Waals surface area contributed by atoms with Gasteiger partial charge in [-0.15, -0.1) is 0 Å². The topological polar surface area (TPSA) is 41.1 Å². The van der Waals surface area contributed by atoms with E-state index < -0.39 is 0 Å². The van der Waals surface area contributed by atoms with E-state index in [0.29, 0.717) is 0 Å². The van der Waals surface area contributed by atoms with Crippen LogP contribution in [0.3, 0.4) is 0 Å². The van der Waals surface area contributed by atoms with Crippen LogP contribution in [0.15, 0.2) is 24.3 Å². The summed E-state index contributed by atoms with van der Waals surface area (Å²) in [5.41, 5.74) is 2.02. The second-order valence-electron chi connectivity index (χ2n) is 4.31. The average molecular weight is 218 g/mol. The summed E-state index contributed by atoms with van der Waals surface area (Å²) in [6.07, 6.45) is 3.25. The molecule has 1 aliphatic rings. The lowest BCUT2D eigenvalue weighted by Gasteiger charge is -2.22. The van der Waals surface area contributed by atoms with Gasteiger partial charge in [-0.3, -0.25) is 4.79 Å². The zero-order chi connectivity index (χ0) is 11.4. The van der Waals surface area contributed by atoms with E-state index in [2.05, 4.69) is 10.6 Å². The smallest absolute Gasteiger partial charge is 0.241 e. The average Bonchev–Trinajstić information content (AvgIpc) is 2.33. The number of piperidine rings is 1. The van der Waals surface area contributed by atoms with Crippen LogP contribution in [0.2, 0.25) is 0 Å². The highest BCUT2D eigenvalue weighted by molar-refractivity contribution is 5.95. The number of carbonyl (C=O) groups is 1. The Morgan fingerprint density at radius 1 is 1.38 bits per heavy atom. The van der Waals surface area contributed by atoms with Gasteiger partial charge in [0.15, 0.2) is 0 Å². The van der Waals surface area contributed by atoms with Gasteiger partial charge >= 0.3 is 0 Å². The molecule has 0 saturated carbocycles. The third-order valence-electron chi connectivity index (χ3n) is 3.03. The summed E-state index contributed by atoms with van der Waals surface area (Å²) in [5, 5.41) is 6.22. The fourth-order valence-corrected chi connectivity index (χ4v) is 2.01. The van der Waals surface area contributed by atoms with Crippen LogP contribution in [-0.2, 0) is 4.79 Å². The maximum Gasteiger partial charge on any atom is 0.241 e. The van der Waals surface area contributed by atoms with Crippen LogP contribution in [0.1, 0.15) is 24.8 Å². The van der Waals surface area contributed by atoms with E-state index in [9.17, 15) is 4.79 Å². The molecule has 3 heteroatoms. The molecular weight excluding hydrogens is 200 g/mol. The molecule has 0 bridgehead atoms. The summed E-state index contributed by atoms with van der Waals surface area (Å²) in [6, 6.07) is 7.84. The van der Waals surface area contributed by atoms with E-state index in [4.69, 9.17) is 0 Å². The van der Waals surface area contributed by atoms with Gasteiger partial charge in [-0.1, -0.05) is 24.6 Å². The van der Waals surface area contributed by atoms with Crippen molar-refractivity contribution < 1.29 is 4.79 Å². The predicted molar refractivity (Wildman–Crippen MR) is 65.5 cm³/mol. The Morgan fingerprint density at radius 2 is 2.19 bits per heavy atom. The summed E-state index contributed by atoms with van der Waals surface area (Å²) < 4.78 is 0. The second kappa shape index (κ2) is 5.12. The third kappa shape index (κ3) is 2.61. The van der Waals surface area contributed by atoms with Crippen molar-refractivity contribution in [3.05, 3.63) is 29.8 Å². The maximum atomic E-state index is 11.9. The van der Waals surface area contributed by atoms with Gasteiger partial charge in [0, 0.05) is 5.69 Å². The standard InChI is InChI=1S/C13H18N2O/c1-10-6-2-3-7-11(10)15-13(16)12-8-4-5-9-14-12/h2-3,6-7,12,14H,4-5,8-9H2,1H3,(H,15,16)/t12-/m1/s1. The molecule has 0 aromatic heterocycles. The van der Waals surface area contributed by atoms with Crippen LogP contribution in [0.5, 0.6) is 0 Å². The number of benzene rings is 1. The molecule has 1 saturated heterocycles. The summed E-state index contributed by atoms with van der Waals surface area (Å²) in [5.74, 6) is 0.0917. The molecule has 16 heavy (non-hydrogen) atoms. The first-order chi connectivity index (χ1) is 7.77. The van der Waals surface area contributed by atoms with Crippen LogP contribution in [0.4, 0.5) is 5.69 Å². The second-order valence-corrected chi connectivity index (χ2v) is 4.31. The number of carbonyl (C=O) groups excluding carboxylic acids is 1. The fraction of sp³-hybridized carbons (Fsp3) is 0.462. The molecule has 1 amide bonds. The lowest BCUT2D eigenvalue weighted by molar-refractivity contribution is -0.118. The van der Waals surface area contributed by atoms with Crippen LogP contribution in [-0.4, -0.2) is 18.5 Å². The van der Waals surface area contributed by atoms with Crippen molar-refractivity contribution in [2.24, 2.45) is 0 Å². The molecular formula is C13H18N2O. The molecule has 1 fully saturated rings. The Morgan fingerprint density at radius 3 is 2.88 bits per heavy atom. The quantitative estimate of drug-likeness (QED) is 0.798. The number of hydrogen-bond acceptors (Lipinski definition) is 2. The van der Waals surface area contributed by atoms with Crippen molar-refractivity contribution in [1.29, 1.82) is 0 Å². The van der Waals surface area contributed by atoms with E-state index in [1.807, 2.05) is 31.2 Å². The van der Waals surface area contributed by atoms with Crippen molar-refractivity contribution in [2.45, 2.75) is 32.2 Å². The van der Waals surface area contributed by atoms with Gasteiger partial charge in [0.05, 0.1) is 6.04 Å². The Kier molecular flexibility index (Phi) is 3.57. The van der Waals surface area contributed by atoms with E-state index in [1.165, 1.54) is 6.42 Å². The van der Waals surface area contributed by atoms with Crippen molar-refractivity contribution in [2.75, 3.05) is 11.9 Å². The maximum absolute atomic E-state index is 11.9. The van der Waals surface area contributed by atoms with Crippen molar-refractivity contribution in [3.8, 4) is 0 Å². The minimum absolute atomic E-state index is 0.0200. The molecule has 3 nitrogen and oxygen atoms in total. The fourth-order valence-electron chi connectivity index (χ4n) is 2.01. The van der Waals surface area contributed by atoms with Crippen LogP contribution in [0, 0.1) is 6.92 Å². The molecule has 1 atom stereocenters. The number of hydrogen-bond donors (Lipinski definition) is 2. The van der Waals surface area contributed by atoms with Crippen molar-refractivity contribution in [1.82, 2.24) is 5.32 Å². The van der Waals surface area contributed by atoms with Gasteiger partial charge in [-0.05, 0) is 37.9 Å². The van der Waals surface area contributed by atoms with E-state index >= 15 is 0 Å². The SMILES string of the molecule is Cc1ccccc1NC(=O)[C@H]1CCCCN1. The number of para-hydroxylation sites is 1. The Hall–Kier alpha value is -1.35. The molecule has 2 N–H and O–H groups in total. The lowest BCUT2D eigenvalue weighted by atomic mass is 10.0. The Bertz CT molecular complexity index is 370. The largest absolute Gasteiger partial charge is 0.324 e. The van der Waals surface area contributed by atoms with E-state index in [0.717, 1.165) is 30.6 Å². The minimum Gasteiger partial charge on any atom is -0.324 e. The first-order valence-electron chi connectivity index (χ1n) is 5.87. The molecule has 1 aliphatic heterocycles. The van der Waals surface area contributed by atoms with E-state index in [-0.39, 0.29) is 11.9 Å². The van der Waals surface area contributed by atoms with Crippen LogP contribution >= 0.6 is 0 Å². The highest BCUT2D eigenvalue weighted by Gasteiger charge is 2.20. The molecule has 1 aromatic carbocycles. The molecule has 1 aromatic rings. The Balaban J connectivity index is 1.99. The molecule has 2 rings (SSSR count). The highest BCUT2D eigenvalue weighted by Crippen LogP contribution is 2.15. The first kappa shape index (κ1) is 11.1. The number of amides is 1. The van der Waals surface area contributed by atoms with Gasteiger partial charge in [0.25, 0.3) is 0 Å². The van der Waals surface area contributed by atoms with Gasteiger partial charge < -0.3 is 10.6 Å². The minimum atomic E-state index is -0.0200. The number of rotatable bonds is 2. The molecule has 86 valence electrons. The lowest BCUT2D eigenvalue weighted by Crippen LogP contribution is -2.43. The summed E-state index contributed by atoms with van der Waals surface area (Å²) in [6.45, 7) is 2.95. The number of aryl methyl sites for hydroxylation is 1. The van der Waals surface area contributed by atoms with Gasteiger partial charge in [-0.25, -0.2) is 0 Å². The van der Waals surface area contributed by atoms with Crippen LogP contribution < -0.4 is 10.6 Å². The zero-order valence-electron chi connectivity index (χ0n) is 9.62. The first-order valence-corrected chi connectivity index (χ1v) is 5.87.